The van der Waals surface area contributed by atoms with Crippen molar-refractivity contribution in [2.24, 2.45) is 7.05 Å². The molecule has 4 nitrogen and oxygen atoms in total. The molecule has 1 unspecified atom stereocenters. The topological polar surface area (TPSA) is 33.1 Å². The molecule has 1 aromatic rings. The summed E-state index contributed by atoms with van der Waals surface area (Å²) in [6.45, 7) is 8.03. The predicted octanol–water partition coefficient (Wildman–Crippen LogP) is 1.43. The normalized spacial score (nSPS) is 20.2. The molecule has 2 heterocycles. The zero-order valence-electron chi connectivity index (χ0n) is 11.9. The van der Waals surface area contributed by atoms with E-state index < -0.39 is 0 Å². The van der Waals surface area contributed by atoms with Gasteiger partial charge in [0.05, 0.1) is 0 Å². The Kier molecular flexibility index (Phi) is 4.78. The highest BCUT2D eigenvalue weighted by atomic mass is 15.2. The minimum absolute atomic E-state index is 0.604. The summed E-state index contributed by atoms with van der Waals surface area (Å²) in [5, 5.41) is 3.58. The van der Waals surface area contributed by atoms with E-state index in [1.807, 2.05) is 12.4 Å². The molecule has 0 spiro atoms. The van der Waals surface area contributed by atoms with Gasteiger partial charge in [-0.15, -0.1) is 0 Å². The summed E-state index contributed by atoms with van der Waals surface area (Å²) in [7, 11) is 2.07. The Morgan fingerprint density at radius 2 is 2.39 bits per heavy atom. The van der Waals surface area contributed by atoms with Crippen molar-refractivity contribution >= 4 is 0 Å². The first-order valence-electron chi connectivity index (χ1n) is 7.10. The van der Waals surface area contributed by atoms with E-state index in [2.05, 4.69) is 40.7 Å². The molecule has 2 rings (SSSR count). The van der Waals surface area contributed by atoms with Crippen LogP contribution >= 0.6 is 0 Å². The van der Waals surface area contributed by atoms with Gasteiger partial charge >= 0.3 is 0 Å². The Balaban J connectivity index is 1.84. The zero-order valence-corrected chi connectivity index (χ0v) is 11.9. The van der Waals surface area contributed by atoms with Crippen LogP contribution in [0, 0.1) is 0 Å². The lowest BCUT2D eigenvalue weighted by Crippen LogP contribution is -2.42. The van der Waals surface area contributed by atoms with Crippen molar-refractivity contribution in [3.63, 3.8) is 0 Å². The Morgan fingerprint density at radius 3 is 2.94 bits per heavy atom. The Labute approximate surface area is 110 Å². The Bertz CT molecular complexity index is 352. The predicted molar refractivity (Wildman–Crippen MR) is 74.6 cm³/mol. The van der Waals surface area contributed by atoms with Crippen LogP contribution in [0.5, 0.6) is 0 Å². The minimum Gasteiger partial charge on any atom is -0.338 e. The van der Waals surface area contributed by atoms with Gasteiger partial charge in [-0.3, -0.25) is 4.90 Å². The maximum absolute atomic E-state index is 4.40. The van der Waals surface area contributed by atoms with Crippen LogP contribution in [0.3, 0.4) is 0 Å². The highest BCUT2D eigenvalue weighted by Gasteiger charge is 2.19. The van der Waals surface area contributed by atoms with E-state index in [-0.39, 0.29) is 0 Å². The number of aryl methyl sites for hydroxylation is 1. The molecule has 1 fully saturated rings. The number of nitrogens with one attached hydrogen (secondary N) is 1. The zero-order chi connectivity index (χ0) is 13.0. The van der Waals surface area contributed by atoms with E-state index in [4.69, 9.17) is 0 Å². The maximum Gasteiger partial charge on any atom is 0.109 e. The number of nitrogens with zero attached hydrogens (tertiary/aromatic N) is 3. The van der Waals surface area contributed by atoms with E-state index >= 15 is 0 Å². The summed E-state index contributed by atoms with van der Waals surface area (Å²) in [5.74, 6) is 1.18. The highest BCUT2D eigenvalue weighted by Crippen LogP contribution is 2.10. The summed E-state index contributed by atoms with van der Waals surface area (Å²) in [6.07, 6.45) is 7.59. The molecule has 4 heteroatoms. The first-order valence-corrected chi connectivity index (χ1v) is 7.10. The van der Waals surface area contributed by atoms with Crippen molar-refractivity contribution in [3.8, 4) is 0 Å². The van der Waals surface area contributed by atoms with Gasteiger partial charge in [-0.25, -0.2) is 4.98 Å². The van der Waals surface area contributed by atoms with Gasteiger partial charge in [-0.2, -0.15) is 0 Å². The van der Waals surface area contributed by atoms with E-state index in [0.717, 1.165) is 13.0 Å². The fourth-order valence-corrected chi connectivity index (χ4v) is 2.64. The molecule has 102 valence electrons. The first kappa shape index (κ1) is 13.6. The Hall–Kier alpha value is -0.870. The molecular weight excluding hydrogens is 224 g/mol. The third-order valence-corrected chi connectivity index (χ3v) is 3.89. The third-order valence-electron chi connectivity index (χ3n) is 3.89. The smallest absolute Gasteiger partial charge is 0.109 e. The third kappa shape index (κ3) is 3.56. The molecule has 0 aromatic carbocycles. The van der Waals surface area contributed by atoms with Gasteiger partial charge in [0.2, 0.25) is 0 Å². The molecule has 1 saturated heterocycles. The molecule has 18 heavy (non-hydrogen) atoms. The average Bonchev–Trinajstić information content (AvgIpc) is 2.96. The second kappa shape index (κ2) is 6.34. The molecule has 1 atom stereocenters. The van der Waals surface area contributed by atoms with Crippen molar-refractivity contribution in [2.45, 2.75) is 45.2 Å². The summed E-state index contributed by atoms with van der Waals surface area (Å²) in [4.78, 5) is 6.97. The van der Waals surface area contributed by atoms with Gasteiger partial charge in [-0.05, 0) is 33.2 Å². The summed E-state index contributed by atoms with van der Waals surface area (Å²) in [6, 6.07) is 1.29. The molecule has 0 radical (unpaired) electrons. The van der Waals surface area contributed by atoms with E-state index in [1.54, 1.807) is 0 Å². The monoisotopic (exact) mass is 250 g/mol. The first-order chi connectivity index (χ1) is 8.66. The molecule has 1 aromatic heterocycles. The van der Waals surface area contributed by atoms with Gasteiger partial charge in [0.15, 0.2) is 0 Å². The van der Waals surface area contributed by atoms with Crippen molar-refractivity contribution in [2.75, 3.05) is 19.6 Å². The van der Waals surface area contributed by atoms with Crippen molar-refractivity contribution < 1.29 is 0 Å². The summed E-state index contributed by atoms with van der Waals surface area (Å²) < 4.78 is 2.12. The van der Waals surface area contributed by atoms with Gasteiger partial charge < -0.3 is 9.88 Å². The van der Waals surface area contributed by atoms with Crippen LogP contribution in [0.4, 0.5) is 0 Å². The van der Waals surface area contributed by atoms with Crippen LogP contribution < -0.4 is 5.32 Å². The number of rotatable bonds is 6. The van der Waals surface area contributed by atoms with Crippen LogP contribution in [0.1, 0.15) is 32.5 Å². The fraction of sp³-hybridized carbons (Fsp3) is 0.786. The SMILES string of the molecule is CC(C)N(CCc1nccn1C)CC1CCCN1. The molecule has 0 aliphatic carbocycles. The van der Waals surface area contributed by atoms with Crippen LogP contribution in [-0.2, 0) is 13.5 Å². The molecule has 0 amide bonds. The molecule has 0 bridgehead atoms. The minimum atomic E-state index is 0.604. The number of hydrogen-bond acceptors (Lipinski definition) is 3. The van der Waals surface area contributed by atoms with Crippen LogP contribution in [0.15, 0.2) is 12.4 Å². The quantitative estimate of drug-likeness (QED) is 0.829. The van der Waals surface area contributed by atoms with Crippen LogP contribution in [0.2, 0.25) is 0 Å². The van der Waals surface area contributed by atoms with Gasteiger partial charge in [-0.1, -0.05) is 0 Å². The van der Waals surface area contributed by atoms with Crippen molar-refractivity contribution in [3.05, 3.63) is 18.2 Å². The second-order valence-corrected chi connectivity index (χ2v) is 5.59. The average molecular weight is 250 g/mol. The number of imidazole rings is 1. The molecule has 1 aliphatic heterocycles. The largest absolute Gasteiger partial charge is 0.338 e. The highest BCUT2D eigenvalue weighted by molar-refractivity contribution is 4.92. The van der Waals surface area contributed by atoms with E-state index in [0.29, 0.717) is 12.1 Å². The van der Waals surface area contributed by atoms with Gasteiger partial charge in [0, 0.05) is 51.0 Å². The lowest BCUT2D eigenvalue weighted by molar-refractivity contribution is 0.203. The number of aromatic nitrogens is 2. The molecular formula is C14H26N4. The standard InChI is InChI=1S/C14H26N4/c1-12(2)18(11-13-5-4-7-15-13)9-6-14-16-8-10-17(14)3/h8,10,12-13,15H,4-7,9,11H2,1-3H3. The van der Waals surface area contributed by atoms with Crippen LogP contribution in [-0.4, -0.2) is 46.2 Å². The van der Waals surface area contributed by atoms with Crippen LogP contribution in [0.25, 0.3) is 0 Å². The lowest BCUT2D eigenvalue weighted by Gasteiger charge is -2.29. The van der Waals surface area contributed by atoms with E-state index in [9.17, 15) is 0 Å². The molecule has 0 saturated carbocycles. The second-order valence-electron chi connectivity index (χ2n) is 5.59. The maximum atomic E-state index is 4.40. The lowest BCUT2D eigenvalue weighted by atomic mass is 10.2. The van der Waals surface area contributed by atoms with Gasteiger partial charge in [0.25, 0.3) is 0 Å². The molecule has 1 N–H and O–H groups in total. The number of hydrogen-bond donors (Lipinski definition) is 1. The van der Waals surface area contributed by atoms with Crippen molar-refractivity contribution in [1.29, 1.82) is 0 Å². The summed E-state index contributed by atoms with van der Waals surface area (Å²) >= 11 is 0. The van der Waals surface area contributed by atoms with Gasteiger partial charge in [0.1, 0.15) is 5.82 Å². The fourth-order valence-electron chi connectivity index (χ4n) is 2.64. The molecule has 1 aliphatic rings. The summed E-state index contributed by atoms with van der Waals surface area (Å²) in [5.41, 5.74) is 0. The Morgan fingerprint density at radius 1 is 1.56 bits per heavy atom. The van der Waals surface area contributed by atoms with E-state index in [1.165, 1.54) is 31.8 Å². The van der Waals surface area contributed by atoms with Crippen molar-refractivity contribution in [1.82, 2.24) is 19.8 Å².